The van der Waals surface area contributed by atoms with Gasteiger partial charge in [0.2, 0.25) is 0 Å². The van der Waals surface area contributed by atoms with Crippen LogP contribution < -0.4 is 0 Å². The zero-order valence-electron chi connectivity index (χ0n) is 26.2. The maximum Gasteiger partial charge on any atom is 0.0992 e. The van der Waals surface area contributed by atoms with Crippen molar-refractivity contribution < 1.29 is 0 Å². The van der Waals surface area contributed by atoms with Crippen molar-refractivity contribution in [3.8, 4) is 22.9 Å². The highest BCUT2D eigenvalue weighted by Crippen LogP contribution is 2.44. The lowest BCUT2D eigenvalue weighted by molar-refractivity contribution is 1.18. The Morgan fingerprint density at radius 2 is 1.31 bits per heavy atom. The summed E-state index contributed by atoms with van der Waals surface area (Å²) in [6.07, 6.45) is 8.13. The highest BCUT2D eigenvalue weighted by atomic mass is 32.1. The summed E-state index contributed by atoms with van der Waals surface area (Å²) >= 11 is 3.71. The molecule has 0 atom stereocenters. The van der Waals surface area contributed by atoms with Crippen LogP contribution in [0.25, 0.3) is 84.5 Å². The summed E-state index contributed by atoms with van der Waals surface area (Å²) < 4.78 is 7.49. The second-order valence-corrected chi connectivity index (χ2v) is 14.2. The van der Waals surface area contributed by atoms with E-state index in [9.17, 15) is 5.26 Å². The SMILES string of the molecule is C=C/C=C(\C=C/C)c1ccc2sc3cc4sc5ccc(-c6ccc(C#N)cc6-n6c7ccccc7c7ccccc76)cc5c4cc3c2c1. The van der Waals surface area contributed by atoms with Crippen molar-refractivity contribution in [2.45, 2.75) is 6.92 Å². The number of hydrogen-bond donors (Lipinski definition) is 0. The third-order valence-electron chi connectivity index (χ3n) is 9.30. The van der Waals surface area contributed by atoms with Crippen LogP contribution in [0.4, 0.5) is 0 Å². The molecule has 9 aromatic rings. The zero-order chi connectivity index (χ0) is 32.4. The zero-order valence-corrected chi connectivity index (χ0v) is 27.8. The number of fused-ring (bicyclic) bond motifs is 9. The molecule has 0 unspecified atom stereocenters. The highest BCUT2D eigenvalue weighted by molar-refractivity contribution is 7.28. The van der Waals surface area contributed by atoms with Gasteiger partial charge < -0.3 is 4.57 Å². The van der Waals surface area contributed by atoms with Crippen molar-refractivity contribution in [1.82, 2.24) is 4.57 Å². The van der Waals surface area contributed by atoms with Gasteiger partial charge in [-0.25, -0.2) is 0 Å². The van der Waals surface area contributed by atoms with Crippen LogP contribution in [-0.4, -0.2) is 4.57 Å². The normalized spacial score (nSPS) is 12.4. The first-order chi connectivity index (χ1) is 23.6. The van der Waals surface area contributed by atoms with Crippen molar-refractivity contribution in [3.63, 3.8) is 0 Å². The third-order valence-corrected chi connectivity index (χ3v) is 11.6. The summed E-state index contributed by atoms with van der Waals surface area (Å²) in [4.78, 5) is 0. The second-order valence-electron chi connectivity index (χ2n) is 12.0. The average molecular weight is 649 g/mol. The Labute approximate surface area is 286 Å². The van der Waals surface area contributed by atoms with Gasteiger partial charge in [0.15, 0.2) is 0 Å². The van der Waals surface area contributed by atoms with Crippen LogP contribution in [0.1, 0.15) is 18.1 Å². The summed E-state index contributed by atoms with van der Waals surface area (Å²) in [5.41, 5.74) is 8.48. The van der Waals surface area contributed by atoms with Crippen LogP contribution >= 0.6 is 22.7 Å². The number of para-hydroxylation sites is 2. The standard InChI is InChI=1S/C44H28N2S2/c1-3-9-28(10-4-2)29-16-19-41-34(22-29)36-24-37-35-23-30(17-20-42(35)48-44(37)25-43(36)47-41)31-18-15-27(26-45)21-40(31)46-38-13-7-5-11-32(38)33-12-6-8-14-39(33)46/h3-25H,1H2,2H3/b10-4-,28-9+. The number of nitriles is 1. The number of hydrogen-bond acceptors (Lipinski definition) is 3. The second kappa shape index (κ2) is 11.2. The minimum atomic E-state index is 0.643. The fourth-order valence-corrected chi connectivity index (χ4v) is 9.45. The molecule has 2 nitrogen and oxygen atoms in total. The van der Waals surface area contributed by atoms with E-state index in [0.717, 1.165) is 33.4 Å². The molecular formula is C44H28N2S2. The molecule has 0 saturated heterocycles. The van der Waals surface area contributed by atoms with Crippen molar-refractivity contribution in [3.05, 3.63) is 157 Å². The minimum absolute atomic E-state index is 0.643. The molecule has 3 heterocycles. The van der Waals surface area contributed by atoms with Crippen molar-refractivity contribution in [2.24, 2.45) is 0 Å². The van der Waals surface area contributed by atoms with Crippen LogP contribution in [0, 0.1) is 11.3 Å². The van der Waals surface area contributed by atoms with Gasteiger partial charge in [-0.2, -0.15) is 5.26 Å². The van der Waals surface area contributed by atoms with Crippen LogP contribution in [0.2, 0.25) is 0 Å². The smallest absolute Gasteiger partial charge is 0.0992 e. The van der Waals surface area contributed by atoms with Crippen LogP contribution in [0.3, 0.4) is 0 Å². The largest absolute Gasteiger partial charge is 0.309 e. The fourth-order valence-electron chi connectivity index (χ4n) is 7.16. The number of thiophene rings is 2. The van der Waals surface area contributed by atoms with E-state index >= 15 is 0 Å². The Bertz CT molecular complexity index is 2830. The van der Waals surface area contributed by atoms with E-state index in [1.807, 2.05) is 47.8 Å². The molecule has 3 aromatic heterocycles. The van der Waals surface area contributed by atoms with Gasteiger partial charge in [-0.1, -0.05) is 85.5 Å². The molecule has 0 bridgehead atoms. The monoisotopic (exact) mass is 648 g/mol. The Kier molecular flexibility index (Phi) is 6.65. The Morgan fingerprint density at radius 1 is 0.667 bits per heavy atom. The molecule has 0 saturated carbocycles. The van der Waals surface area contributed by atoms with Gasteiger partial charge in [0.25, 0.3) is 0 Å². The molecule has 9 rings (SSSR count). The Balaban J connectivity index is 1.27. The first-order valence-corrected chi connectivity index (χ1v) is 17.6. The molecule has 48 heavy (non-hydrogen) atoms. The van der Waals surface area contributed by atoms with Gasteiger partial charge in [-0.15, -0.1) is 22.7 Å². The maximum atomic E-state index is 9.96. The van der Waals surface area contributed by atoms with E-state index in [1.54, 1.807) is 0 Å². The molecule has 0 aliphatic heterocycles. The van der Waals surface area contributed by atoms with E-state index < -0.39 is 0 Å². The third kappa shape index (κ3) is 4.37. The lowest BCUT2D eigenvalue weighted by Crippen LogP contribution is -1.98. The molecule has 0 N–H and O–H groups in total. The number of benzene rings is 6. The number of rotatable bonds is 5. The van der Waals surface area contributed by atoms with Crippen LogP contribution in [0.15, 0.2) is 146 Å². The average Bonchev–Trinajstić information content (AvgIpc) is 3.78. The number of allylic oxidation sites excluding steroid dienone is 5. The summed E-state index contributed by atoms with van der Waals surface area (Å²) in [7, 11) is 0. The minimum Gasteiger partial charge on any atom is -0.309 e. The summed E-state index contributed by atoms with van der Waals surface area (Å²) in [5, 5.41) is 17.5. The molecule has 0 amide bonds. The summed E-state index contributed by atoms with van der Waals surface area (Å²) in [5.74, 6) is 0. The van der Waals surface area contributed by atoms with Gasteiger partial charge in [-0.3, -0.25) is 0 Å². The van der Waals surface area contributed by atoms with Crippen molar-refractivity contribution in [2.75, 3.05) is 0 Å². The van der Waals surface area contributed by atoms with E-state index in [4.69, 9.17) is 0 Å². The molecular weight excluding hydrogens is 621 g/mol. The topological polar surface area (TPSA) is 28.7 Å². The number of aromatic nitrogens is 1. The van der Waals surface area contributed by atoms with Gasteiger partial charge in [0.1, 0.15) is 0 Å². The predicted molar refractivity (Wildman–Crippen MR) is 210 cm³/mol. The van der Waals surface area contributed by atoms with Gasteiger partial charge in [0.05, 0.1) is 28.4 Å². The van der Waals surface area contributed by atoms with Gasteiger partial charge >= 0.3 is 0 Å². The quantitative estimate of drug-likeness (QED) is 0.171. The predicted octanol–water partition coefficient (Wildman–Crippen LogP) is 13.2. The van der Waals surface area contributed by atoms with Crippen molar-refractivity contribution in [1.29, 1.82) is 5.26 Å². The van der Waals surface area contributed by atoms with E-state index in [1.165, 1.54) is 56.7 Å². The van der Waals surface area contributed by atoms with E-state index in [-0.39, 0.29) is 0 Å². The van der Waals surface area contributed by atoms with Crippen molar-refractivity contribution >= 4 is 90.4 Å². The summed E-state index contributed by atoms with van der Waals surface area (Å²) in [6, 6.07) is 43.9. The molecule has 0 aliphatic rings. The van der Waals surface area contributed by atoms with Crippen LogP contribution in [0.5, 0.6) is 0 Å². The lowest BCUT2D eigenvalue weighted by atomic mass is 9.98. The Hall–Kier alpha value is -5.73. The van der Waals surface area contributed by atoms with E-state index in [2.05, 4.69) is 139 Å². The fraction of sp³-hybridized carbons (Fsp3) is 0.0227. The molecule has 226 valence electrons. The van der Waals surface area contributed by atoms with Crippen LogP contribution in [-0.2, 0) is 0 Å². The molecule has 6 aromatic carbocycles. The number of nitrogens with zero attached hydrogens (tertiary/aromatic N) is 2. The van der Waals surface area contributed by atoms with Gasteiger partial charge in [0, 0.05) is 56.7 Å². The highest BCUT2D eigenvalue weighted by Gasteiger charge is 2.18. The lowest BCUT2D eigenvalue weighted by Gasteiger charge is -2.15. The van der Waals surface area contributed by atoms with Gasteiger partial charge in [-0.05, 0) is 84.3 Å². The molecule has 0 spiro atoms. The molecule has 0 radical (unpaired) electrons. The molecule has 4 heteroatoms. The Morgan fingerprint density at radius 3 is 1.98 bits per heavy atom. The molecule has 0 aliphatic carbocycles. The summed E-state index contributed by atoms with van der Waals surface area (Å²) in [6.45, 7) is 5.98. The first kappa shape index (κ1) is 28.5. The van der Waals surface area contributed by atoms with E-state index in [0.29, 0.717) is 5.56 Å². The molecule has 0 fully saturated rings. The first-order valence-electron chi connectivity index (χ1n) is 16.0. The maximum absolute atomic E-state index is 9.96.